The number of nitrogens with zero attached hydrogens (tertiary/aromatic N) is 3. The van der Waals surface area contributed by atoms with Crippen molar-refractivity contribution < 1.29 is 0 Å². The summed E-state index contributed by atoms with van der Waals surface area (Å²) in [7, 11) is 0. The van der Waals surface area contributed by atoms with Crippen molar-refractivity contribution in [1.82, 2.24) is 14.5 Å². The first-order chi connectivity index (χ1) is 35.6. The molecule has 0 aliphatic heterocycles. The van der Waals surface area contributed by atoms with E-state index in [4.69, 9.17) is 9.97 Å². The summed E-state index contributed by atoms with van der Waals surface area (Å²) in [5.74, 6) is 0. The number of para-hydroxylation sites is 2. The Balaban J connectivity index is 1.03. The lowest BCUT2D eigenvalue weighted by atomic mass is 9.92. The second-order valence-corrected chi connectivity index (χ2v) is 18.5. The highest BCUT2D eigenvalue weighted by molar-refractivity contribution is 6.15. The van der Waals surface area contributed by atoms with Crippen LogP contribution >= 0.6 is 0 Å². The van der Waals surface area contributed by atoms with Gasteiger partial charge in [-0.3, -0.25) is 0 Å². The van der Waals surface area contributed by atoms with Crippen molar-refractivity contribution >= 4 is 49.6 Å². The zero-order valence-corrected chi connectivity index (χ0v) is 39.6. The van der Waals surface area contributed by atoms with E-state index in [1.165, 1.54) is 44.0 Å². The number of hydrogen-bond donors (Lipinski definition) is 0. The third-order valence-electron chi connectivity index (χ3n) is 14.2. The van der Waals surface area contributed by atoms with Crippen LogP contribution in [0.15, 0.2) is 267 Å². The Morgan fingerprint density at radius 3 is 1.62 bits per heavy atom. The SMILES string of the molecule is C=C1/C=C\C=C/Cc2c(n(-c3ccc(-c4nc5ccccc5nc4-c4cc(-c5ccccc5)cc(-c5ccccc5)c4)c4ccccc34)c3ccc4c(-c5ccc(-c6ccccc6)cc5)cccc4c23)/C=C\1. The van der Waals surface area contributed by atoms with Crippen molar-refractivity contribution in [2.45, 2.75) is 6.42 Å². The summed E-state index contributed by atoms with van der Waals surface area (Å²) in [5.41, 5.74) is 20.3. The van der Waals surface area contributed by atoms with Crippen molar-refractivity contribution in [2.75, 3.05) is 0 Å². The molecule has 72 heavy (non-hydrogen) atoms. The van der Waals surface area contributed by atoms with E-state index in [0.717, 1.165) is 95.5 Å². The van der Waals surface area contributed by atoms with E-state index in [1.54, 1.807) is 0 Å². The summed E-state index contributed by atoms with van der Waals surface area (Å²) in [6.07, 6.45) is 13.7. The van der Waals surface area contributed by atoms with E-state index in [0.29, 0.717) is 0 Å². The van der Waals surface area contributed by atoms with Crippen LogP contribution in [-0.2, 0) is 6.42 Å². The summed E-state index contributed by atoms with van der Waals surface area (Å²) in [6, 6.07) is 80.6. The Morgan fingerprint density at radius 2 is 0.931 bits per heavy atom. The monoisotopic (exact) mass is 917 g/mol. The molecule has 2 aromatic heterocycles. The van der Waals surface area contributed by atoms with Crippen LogP contribution < -0.4 is 0 Å². The summed E-state index contributed by atoms with van der Waals surface area (Å²) >= 11 is 0. The number of aromatic nitrogens is 3. The van der Waals surface area contributed by atoms with Crippen LogP contribution in [-0.4, -0.2) is 14.5 Å². The second kappa shape index (κ2) is 18.1. The van der Waals surface area contributed by atoms with E-state index in [-0.39, 0.29) is 0 Å². The molecule has 0 saturated heterocycles. The van der Waals surface area contributed by atoms with Crippen LogP contribution in [0.3, 0.4) is 0 Å². The maximum atomic E-state index is 5.52. The molecule has 0 radical (unpaired) electrons. The molecular weight excluding hydrogens is 871 g/mol. The van der Waals surface area contributed by atoms with Gasteiger partial charge in [0.05, 0.1) is 39.3 Å². The van der Waals surface area contributed by atoms with E-state index in [9.17, 15) is 0 Å². The molecule has 0 atom stereocenters. The molecule has 338 valence electrons. The fourth-order valence-electron chi connectivity index (χ4n) is 10.7. The molecule has 13 rings (SSSR count). The first-order valence-corrected chi connectivity index (χ1v) is 24.6. The van der Waals surface area contributed by atoms with Crippen LogP contribution in [0.5, 0.6) is 0 Å². The van der Waals surface area contributed by atoms with Crippen LogP contribution in [0.2, 0.25) is 0 Å². The maximum Gasteiger partial charge on any atom is 0.0979 e. The molecule has 2 heterocycles. The maximum absolute atomic E-state index is 5.52. The Kier molecular flexibility index (Phi) is 10.7. The minimum absolute atomic E-state index is 0.758. The first kappa shape index (κ1) is 42.6. The molecule has 1 aliphatic carbocycles. The van der Waals surface area contributed by atoms with Crippen LogP contribution in [0.25, 0.3) is 122 Å². The summed E-state index contributed by atoms with van der Waals surface area (Å²) in [6.45, 7) is 4.40. The Hall–Kier alpha value is -9.44. The molecule has 1 aliphatic rings. The molecule has 12 aromatic rings. The average molecular weight is 918 g/mol. The molecule has 3 nitrogen and oxygen atoms in total. The van der Waals surface area contributed by atoms with E-state index < -0.39 is 0 Å². The highest BCUT2D eigenvalue weighted by Crippen LogP contribution is 2.44. The van der Waals surface area contributed by atoms with Gasteiger partial charge in [-0.2, -0.15) is 0 Å². The first-order valence-electron chi connectivity index (χ1n) is 24.6. The Bertz CT molecular complexity index is 4100. The van der Waals surface area contributed by atoms with Gasteiger partial charge >= 0.3 is 0 Å². The topological polar surface area (TPSA) is 30.7 Å². The Labute approximate surface area is 419 Å². The van der Waals surface area contributed by atoms with E-state index in [1.807, 2.05) is 12.1 Å². The predicted molar refractivity (Wildman–Crippen MR) is 304 cm³/mol. The van der Waals surface area contributed by atoms with Gasteiger partial charge in [0.2, 0.25) is 0 Å². The van der Waals surface area contributed by atoms with Gasteiger partial charge in [-0.15, -0.1) is 0 Å². The minimum Gasteiger partial charge on any atom is -0.309 e. The van der Waals surface area contributed by atoms with Crippen molar-refractivity contribution in [3.05, 3.63) is 278 Å². The summed E-state index contributed by atoms with van der Waals surface area (Å²) in [5, 5.41) is 5.91. The van der Waals surface area contributed by atoms with Gasteiger partial charge in [0.15, 0.2) is 0 Å². The zero-order chi connectivity index (χ0) is 48.0. The average Bonchev–Trinajstić information content (AvgIpc) is 3.77. The van der Waals surface area contributed by atoms with Crippen molar-refractivity contribution in [2.24, 2.45) is 0 Å². The van der Waals surface area contributed by atoms with Crippen molar-refractivity contribution in [3.63, 3.8) is 0 Å². The zero-order valence-electron chi connectivity index (χ0n) is 39.6. The van der Waals surface area contributed by atoms with Crippen LogP contribution in [0.1, 0.15) is 11.3 Å². The lowest BCUT2D eigenvalue weighted by molar-refractivity contribution is 1.09. The summed E-state index contributed by atoms with van der Waals surface area (Å²) < 4.78 is 2.48. The molecule has 0 spiro atoms. The Morgan fingerprint density at radius 1 is 0.375 bits per heavy atom. The normalized spacial score (nSPS) is 13.9. The minimum atomic E-state index is 0.758. The standard InChI is InChI=1S/C69H47N3/c1-46-19-6-2-13-28-61-65(40-33-46)72(66-42-38-57-55(29-18-30-59(57)67(61)66)51-36-34-50(35-37-51)47-20-7-3-8-21-47)64-41-39-60(56-26-14-15-27-58(56)64)69-68(70-62-31-16-17-32-63(62)71-69)54-44-52(48-22-9-4-10-23-48)43-53(45-54)49-24-11-5-12-25-49/h2-27,29-45H,1,28H2/b13-2-,19-6-,40-33-. The van der Waals surface area contributed by atoms with Crippen LogP contribution in [0.4, 0.5) is 0 Å². The van der Waals surface area contributed by atoms with Crippen molar-refractivity contribution in [3.8, 4) is 72.7 Å². The van der Waals surface area contributed by atoms with Gasteiger partial charge in [0.25, 0.3) is 0 Å². The molecule has 0 bridgehead atoms. The summed E-state index contributed by atoms with van der Waals surface area (Å²) in [4.78, 5) is 11.0. The quantitative estimate of drug-likeness (QED) is 0.159. The number of allylic oxidation sites excluding steroid dienone is 6. The molecular formula is C69H47N3. The molecule has 0 unspecified atom stereocenters. The van der Waals surface area contributed by atoms with Gasteiger partial charge < -0.3 is 4.57 Å². The number of benzene rings is 10. The van der Waals surface area contributed by atoms with Gasteiger partial charge in [-0.25, -0.2) is 9.97 Å². The van der Waals surface area contributed by atoms with Gasteiger partial charge in [0, 0.05) is 21.9 Å². The molecule has 0 N–H and O–H groups in total. The van der Waals surface area contributed by atoms with Gasteiger partial charge in [-0.05, 0) is 133 Å². The largest absolute Gasteiger partial charge is 0.309 e. The van der Waals surface area contributed by atoms with Crippen LogP contribution in [0, 0.1) is 0 Å². The molecule has 0 fully saturated rings. The smallest absolute Gasteiger partial charge is 0.0979 e. The number of hydrogen-bond acceptors (Lipinski definition) is 2. The lowest BCUT2D eigenvalue weighted by Crippen LogP contribution is -2.01. The highest BCUT2D eigenvalue weighted by atomic mass is 15.0. The fraction of sp³-hybridized carbons (Fsp3) is 0.0145. The van der Waals surface area contributed by atoms with Gasteiger partial charge in [-0.1, -0.05) is 213 Å². The molecule has 0 amide bonds. The third kappa shape index (κ3) is 7.65. The van der Waals surface area contributed by atoms with Crippen molar-refractivity contribution in [1.29, 1.82) is 0 Å². The number of rotatable bonds is 7. The van der Waals surface area contributed by atoms with E-state index >= 15 is 0 Å². The molecule has 10 aromatic carbocycles. The lowest BCUT2D eigenvalue weighted by Gasteiger charge is -2.18. The third-order valence-corrected chi connectivity index (χ3v) is 14.2. The highest BCUT2D eigenvalue weighted by Gasteiger charge is 2.24. The fourth-order valence-corrected chi connectivity index (χ4v) is 10.7. The molecule has 0 saturated carbocycles. The molecule has 3 heteroatoms. The van der Waals surface area contributed by atoms with Gasteiger partial charge in [0.1, 0.15) is 0 Å². The predicted octanol–water partition coefficient (Wildman–Crippen LogP) is 18.1. The second-order valence-electron chi connectivity index (χ2n) is 18.5. The number of fused-ring (bicyclic) bond motifs is 7. The van der Waals surface area contributed by atoms with E-state index in [2.05, 4.69) is 260 Å².